The van der Waals surface area contributed by atoms with Gasteiger partial charge in [-0.05, 0) is 24.3 Å². The number of carbonyl (C=O) groups excluding carboxylic acids is 1. The predicted octanol–water partition coefficient (Wildman–Crippen LogP) is 2.27. The fraction of sp³-hybridized carbons (Fsp3) is 0.591. The van der Waals surface area contributed by atoms with Crippen LogP contribution in [0.2, 0.25) is 0 Å². The summed E-state index contributed by atoms with van der Waals surface area (Å²) < 4.78 is 2.20. The highest BCUT2D eigenvalue weighted by Crippen LogP contribution is 2.24. The number of rotatable bonds is 8. The lowest BCUT2D eigenvalue weighted by molar-refractivity contribution is -0.893. The van der Waals surface area contributed by atoms with Gasteiger partial charge in [0.05, 0.1) is 26.4 Å². The summed E-state index contributed by atoms with van der Waals surface area (Å²) in [5.74, 6) is 2.36. The normalized spacial score (nSPS) is 16.4. The van der Waals surface area contributed by atoms with Gasteiger partial charge >= 0.3 is 0 Å². The Morgan fingerprint density at radius 1 is 1.21 bits per heavy atom. The van der Waals surface area contributed by atoms with Crippen molar-refractivity contribution in [2.45, 2.75) is 50.9 Å². The van der Waals surface area contributed by atoms with Crippen LogP contribution in [0.15, 0.2) is 35.5 Å². The second kappa shape index (κ2) is 10.3. The van der Waals surface area contributed by atoms with Gasteiger partial charge < -0.3 is 9.80 Å². The molecule has 0 spiro atoms. The molecule has 0 unspecified atom stereocenters. The largest absolute Gasteiger partial charge is 0.342 e. The summed E-state index contributed by atoms with van der Waals surface area (Å²) in [5.41, 5.74) is 1.22. The molecule has 1 aromatic heterocycles. The number of nitrogens with zero attached hydrogens (tertiary/aromatic N) is 4. The van der Waals surface area contributed by atoms with E-state index in [0.29, 0.717) is 5.75 Å². The van der Waals surface area contributed by atoms with E-state index in [4.69, 9.17) is 0 Å². The van der Waals surface area contributed by atoms with Crippen LogP contribution >= 0.6 is 11.8 Å². The van der Waals surface area contributed by atoms with Crippen LogP contribution in [-0.2, 0) is 11.3 Å². The maximum Gasteiger partial charge on any atom is 0.233 e. The molecule has 1 amide bonds. The minimum atomic E-state index is 0.211. The molecule has 1 saturated heterocycles. The van der Waals surface area contributed by atoms with E-state index in [1.54, 1.807) is 0 Å². The van der Waals surface area contributed by atoms with Crippen LogP contribution in [0, 0.1) is 5.92 Å². The van der Waals surface area contributed by atoms with Crippen LogP contribution in [0.3, 0.4) is 0 Å². The van der Waals surface area contributed by atoms with Crippen LogP contribution in [0.4, 0.5) is 0 Å². The lowest BCUT2D eigenvalue weighted by atomic mass is 9.99. The van der Waals surface area contributed by atoms with Crippen molar-refractivity contribution in [3.8, 4) is 0 Å². The molecule has 0 radical (unpaired) electrons. The van der Waals surface area contributed by atoms with Crippen molar-refractivity contribution in [2.75, 3.05) is 32.9 Å². The van der Waals surface area contributed by atoms with Crippen molar-refractivity contribution in [1.82, 2.24) is 19.7 Å². The molecule has 3 rings (SSSR count). The maximum absolute atomic E-state index is 12.7. The van der Waals surface area contributed by atoms with E-state index in [9.17, 15) is 4.79 Å². The molecule has 2 aromatic rings. The Hall–Kier alpha value is -1.86. The number of benzene rings is 1. The molecule has 7 heteroatoms. The zero-order chi connectivity index (χ0) is 20.8. The molecule has 2 heterocycles. The fourth-order valence-electron chi connectivity index (χ4n) is 3.90. The number of hydrogen-bond acceptors (Lipinski definition) is 4. The zero-order valence-electron chi connectivity index (χ0n) is 18.1. The first-order chi connectivity index (χ1) is 14.0. The third kappa shape index (κ3) is 5.60. The van der Waals surface area contributed by atoms with Gasteiger partial charge in [0.2, 0.25) is 5.91 Å². The van der Waals surface area contributed by atoms with Gasteiger partial charge in [0.25, 0.3) is 0 Å². The van der Waals surface area contributed by atoms with Crippen LogP contribution in [0.1, 0.15) is 50.5 Å². The van der Waals surface area contributed by atoms with Gasteiger partial charge in [-0.15, -0.1) is 10.2 Å². The fourth-order valence-corrected chi connectivity index (χ4v) is 4.75. The number of quaternary nitrogens is 1. The van der Waals surface area contributed by atoms with Crippen LogP contribution in [0.5, 0.6) is 0 Å². The number of hydrogen-bond donors (Lipinski definition) is 1. The summed E-state index contributed by atoms with van der Waals surface area (Å²) in [5, 5.41) is 9.87. The summed E-state index contributed by atoms with van der Waals surface area (Å²) >= 11 is 1.52. The average molecular weight is 417 g/mol. The highest BCUT2D eigenvalue weighted by molar-refractivity contribution is 7.99. The quantitative estimate of drug-likeness (QED) is 0.671. The van der Waals surface area contributed by atoms with Crippen molar-refractivity contribution in [2.24, 2.45) is 5.92 Å². The number of piperidine rings is 1. The number of carbonyl (C=O) groups is 1. The number of likely N-dealkylation sites (tertiary alicyclic amines) is 1. The first-order valence-electron chi connectivity index (χ1n) is 10.7. The molecule has 6 nitrogen and oxygen atoms in total. The lowest BCUT2D eigenvalue weighted by Gasteiger charge is -2.30. The summed E-state index contributed by atoms with van der Waals surface area (Å²) in [6, 6.07) is 10.7. The Labute approximate surface area is 178 Å². The van der Waals surface area contributed by atoms with Crippen LogP contribution < -0.4 is 4.90 Å². The second-order valence-electron chi connectivity index (χ2n) is 8.30. The van der Waals surface area contributed by atoms with Gasteiger partial charge in [-0.3, -0.25) is 9.36 Å². The number of aromatic nitrogens is 3. The zero-order valence-corrected chi connectivity index (χ0v) is 18.9. The minimum absolute atomic E-state index is 0.211. The Bertz CT molecular complexity index is 784. The van der Waals surface area contributed by atoms with E-state index in [0.717, 1.165) is 55.8 Å². The van der Waals surface area contributed by atoms with Crippen molar-refractivity contribution in [3.63, 3.8) is 0 Å². The van der Waals surface area contributed by atoms with E-state index in [-0.39, 0.29) is 11.9 Å². The van der Waals surface area contributed by atoms with Gasteiger partial charge in [0.15, 0.2) is 11.0 Å². The second-order valence-corrected chi connectivity index (χ2v) is 9.25. The van der Waals surface area contributed by atoms with E-state index in [1.165, 1.54) is 22.2 Å². The highest BCUT2D eigenvalue weighted by atomic mass is 32.2. The minimum Gasteiger partial charge on any atom is -0.342 e. The van der Waals surface area contributed by atoms with Crippen molar-refractivity contribution in [1.29, 1.82) is 0 Å². The smallest absolute Gasteiger partial charge is 0.233 e. The number of amides is 1. The van der Waals surface area contributed by atoms with Gasteiger partial charge in [0.1, 0.15) is 6.04 Å². The van der Waals surface area contributed by atoms with Gasteiger partial charge in [0, 0.05) is 19.5 Å². The van der Waals surface area contributed by atoms with E-state index in [2.05, 4.69) is 67.0 Å². The van der Waals surface area contributed by atoms with Crippen LogP contribution in [-0.4, -0.2) is 58.5 Å². The Morgan fingerprint density at radius 3 is 2.52 bits per heavy atom. The molecule has 1 N–H and O–H groups in total. The van der Waals surface area contributed by atoms with E-state index >= 15 is 0 Å². The molecule has 158 valence electrons. The number of thioether (sulfide) groups is 1. The molecular weight excluding hydrogens is 382 g/mol. The molecular formula is C22H34N5OS+. The van der Waals surface area contributed by atoms with Crippen molar-refractivity contribution >= 4 is 17.7 Å². The van der Waals surface area contributed by atoms with Gasteiger partial charge in [-0.2, -0.15) is 0 Å². The molecule has 1 atom stereocenters. The maximum atomic E-state index is 12.7. The molecule has 1 aliphatic rings. The summed E-state index contributed by atoms with van der Waals surface area (Å²) in [6.45, 7) is 6.94. The summed E-state index contributed by atoms with van der Waals surface area (Å²) in [7, 11) is 4.31. The van der Waals surface area contributed by atoms with Crippen molar-refractivity contribution in [3.05, 3.63) is 41.7 Å². The van der Waals surface area contributed by atoms with Gasteiger partial charge in [-0.1, -0.05) is 55.9 Å². The van der Waals surface area contributed by atoms with Gasteiger partial charge in [-0.25, -0.2) is 0 Å². The molecule has 0 saturated carbocycles. The van der Waals surface area contributed by atoms with E-state index < -0.39 is 0 Å². The molecule has 1 aromatic carbocycles. The van der Waals surface area contributed by atoms with E-state index in [1.807, 2.05) is 11.0 Å². The average Bonchev–Trinajstić information content (AvgIpc) is 3.10. The molecule has 1 aliphatic heterocycles. The Balaban J connectivity index is 1.76. The monoisotopic (exact) mass is 416 g/mol. The molecule has 0 bridgehead atoms. The SMILES string of the molecule is CC[C@@H](c1nnc(SCC(=O)N2CCC(C)CC2)n1Cc1ccccc1)[NH+](C)C. The molecule has 0 aliphatic carbocycles. The first-order valence-corrected chi connectivity index (χ1v) is 11.7. The van der Waals surface area contributed by atoms with Crippen molar-refractivity contribution < 1.29 is 9.69 Å². The number of nitrogens with one attached hydrogen (secondary N) is 1. The highest BCUT2D eigenvalue weighted by Gasteiger charge is 2.26. The predicted molar refractivity (Wildman–Crippen MR) is 117 cm³/mol. The summed E-state index contributed by atoms with van der Waals surface area (Å²) in [6.07, 6.45) is 3.20. The standard InChI is InChI=1S/C22H33N5OS/c1-5-19(25(3)4)21-23-24-22(27(21)15-18-9-7-6-8-10-18)29-16-20(28)26-13-11-17(2)12-14-26/h6-10,17,19H,5,11-16H2,1-4H3/p+1/t19-/m0/s1. The Morgan fingerprint density at radius 2 is 1.90 bits per heavy atom. The third-order valence-corrected chi connectivity index (χ3v) is 6.76. The summed E-state index contributed by atoms with van der Waals surface area (Å²) in [4.78, 5) is 16.0. The first kappa shape index (κ1) is 21.8. The molecule has 1 fully saturated rings. The topological polar surface area (TPSA) is 55.5 Å². The lowest BCUT2D eigenvalue weighted by Crippen LogP contribution is -3.06. The third-order valence-electron chi connectivity index (χ3n) is 5.81. The Kier molecular flexibility index (Phi) is 7.72. The van der Waals surface area contributed by atoms with Crippen LogP contribution in [0.25, 0.3) is 0 Å². The molecule has 29 heavy (non-hydrogen) atoms.